The quantitative estimate of drug-likeness (QED) is 0.794. The molecule has 2 fully saturated rings. The molecule has 2 aliphatic heterocycles. The molecule has 3 rings (SSSR count). The first-order valence-electron chi connectivity index (χ1n) is 7.26. The summed E-state index contributed by atoms with van der Waals surface area (Å²) in [5.74, 6) is 0.175. The Balaban J connectivity index is 1.56. The van der Waals surface area contributed by atoms with Crippen LogP contribution in [0.5, 0.6) is 0 Å². The Hall–Kier alpha value is -1.47. The lowest BCUT2D eigenvalue weighted by Gasteiger charge is -2.29. The molecule has 2 aliphatic rings. The smallest absolute Gasteiger partial charge is 0.236 e. The van der Waals surface area contributed by atoms with Gasteiger partial charge in [0.15, 0.2) is 0 Å². The SMILES string of the molecule is O=C(CN1CC[C@](O)(c2cn[nH]n2)C1)N1CCCCC1. The number of nitrogens with zero attached hydrogens (tertiary/aromatic N) is 4. The van der Waals surface area contributed by atoms with Gasteiger partial charge in [-0.15, -0.1) is 0 Å². The maximum atomic E-state index is 12.2. The highest BCUT2D eigenvalue weighted by molar-refractivity contribution is 5.78. The van der Waals surface area contributed by atoms with E-state index in [0.29, 0.717) is 31.7 Å². The molecule has 0 saturated carbocycles. The van der Waals surface area contributed by atoms with E-state index in [9.17, 15) is 9.90 Å². The molecule has 3 heterocycles. The van der Waals surface area contributed by atoms with E-state index < -0.39 is 5.60 Å². The number of aromatic nitrogens is 3. The van der Waals surface area contributed by atoms with Crippen LogP contribution < -0.4 is 0 Å². The highest BCUT2D eigenvalue weighted by atomic mass is 16.3. The van der Waals surface area contributed by atoms with Crippen LogP contribution in [0.1, 0.15) is 31.4 Å². The van der Waals surface area contributed by atoms with Crippen LogP contribution in [0.2, 0.25) is 0 Å². The number of β-amino-alcohol motifs (C(OH)–C–C–N with tert-alkyl or cyclic N) is 1. The van der Waals surface area contributed by atoms with Gasteiger partial charge in [0.1, 0.15) is 11.3 Å². The van der Waals surface area contributed by atoms with Crippen LogP contribution in [0.15, 0.2) is 6.20 Å². The second kappa shape index (κ2) is 5.49. The van der Waals surface area contributed by atoms with Gasteiger partial charge in [-0.25, -0.2) is 0 Å². The van der Waals surface area contributed by atoms with E-state index in [1.807, 2.05) is 9.80 Å². The van der Waals surface area contributed by atoms with E-state index in [0.717, 1.165) is 25.9 Å². The second-order valence-electron chi connectivity index (χ2n) is 5.79. The topological polar surface area (TPSA) is 85.3 Å². The molecule has 20 heavy (non-hydrogen) atoms. The fraction of sp³-hybridized carbons (Fsp3) is 0.769. The molecule has 1 aromatic rings. The number of carbonyl (C=O) groups is 1. The van der Waals surface area contributed by atoms with Crippen molar-refractivity contribution < 1.29 is 9.90 Å². The maximum Gasteiger partial charge on any atom is 0.236 e. The Labute approximate surface area is 117 Å². The predicted molar refractivity (Wildman–Crippen MR) is 71.8 cm³/mol. The second-order valence-corrected chi connectivity index (χ2v) is 5.79. The molecule has 1 atom stereocenters. The van der Waals surface area contributed by atoms with Gasteiger partial charge in [-0.3, -0.25) is 9.69 Å². The van der Waals surface area contributed by atoms with Crippen molar-refractivity contribution in [1.29, 1.82) is 0 Å². The molecule has 2 N–H and O–H groups in total. The van der Waals surface area contributed by atoms with Gasteiger partial charge in [-0.05, 0) is 25.7 Å². The molecular formula is C13H21N5O2. The van der Waals surface area contributed by atoms with Gasteiger partial charge >= 0.3 is 0 Å². The molecule has 7 heteroatoms. The number of aromatic amines is 1. The summed E-state index contributed by atoms with van der Waals surface area (Å²) < 4.78 is 0. The molecule has 0 radical (unpaired) electrons. The van der Waals surface area contributed by atoms with Crippen molar-refractivity contribution in [2.45, 2.75) is 31.3 Å². The average molecular weight is 279 g/mol. The predicted octanol–water partition coefficient (Wildman–Crippen LogP) is -0.289. The van der Waals surface area contributed by atoms with Crippen LogP contribution in [0, 0.1) is 0 Å². The average Bonchev–Trinajstić information content (AvgIpc) is 3.11. The molecule has 1 amide bonds. The summed E-state index contributed by atoms with van der Waals surface area (Å²) in [6, 6.07) is 0. The number of carbonyl (C=O) groups excluding carboxylic acids is 1. The third-order valence-corrected chi connectivity index (χ3v) is 4.29. The summed E-state index contributed by atoms with van der Waals surface area (Å²) in [6.45, 7) is 3.29. The van der Waals surface area contributed by atoms with Crippen LogP contribution in [-0.2, 0) is 10.4 Å². The number of aliphatic hydroxyl groups is 1. The van der Waals surface area contributed by atoms with Gasteiger partial charge < -0.3 is 10.0 Å². The highest BCUT2D eigenvalue weighted by Gasteiger charge is 2.40. The van der Waals surface area contributed by atoms with Crippen molar-refractivity contribution in [3.05, 3.63) is 11.9 Å². The zero-order valence-corrected chi connectivity index (χ0v) is 11.6. The number of piperidine rings is 1. The summed E-state index contributed by atoms with van der Waals surface area (Å²) >= 11 is 0. The van der Waals surface area contributed by atoms with Crippen molar-refractivity contribution >= 4 is 5.91 Å². The number of likely N-dealkylation sites (tertiary alicyclic amines) is 2. The number of amides is 1. The Morgan fingerprint density at radius 2 is 2.15 bits per heavy atom. The fourth-order valence-electron chi connectivity index (χ4n) is 3.08. The minimum absolute atomic E-state index is 0.175. The molecule has 1 aromatic heterocycles. The van der Waals surface area contributed by atoms with Gasteiger partial charge in [-0.2, -0.15) is 15.4 Å². The summed E-state index contributed by atoms with van der Waals surface area (Å²) in [6.07, 6.45) is 5.57. The third kappa shape index (κ3) is 2.69. The largest absolute Gasteiger partial charge is 0.382 e. The van der Waals surface area contributed by atoms with Crippen molar-refractivity contribution in [3.8, 4) is 0 Å². The van der Waals surface area contributed by atoms with Crippen LogP contribution in [0.4, 0.5) is 0 Å². The van der Waals surface area contributed by atoms with Crippen molar-refractivity contribution in [3.63, 3.8) is 0 Å². The van der Waals surface area contributed by atoms with Crippen LogP contribution in [0.25, 0.3) is 0 Å². The normalized spacial score (nSPS) is 27.9. The molecule has 110 valence electrons. The summed E-state index contributed by atoms with van der Waals surface area (Å²) in [4.78, 5) is 16.2. The third-order valence-electron chi connectivity index (χ3n) is 4.29. The summed E-state index contributed by atoms with van der Waals surface area (Å²) in [5, 5.41) is 20.8. The monoisotopic (exact) mass is 279 g/mol. The van der Waals surface area contributed by atoms with Crippen LogP contribution in [0.3, 0.4) is 0 Å². The Morgan fingerprint density at radius 1 is 1.35 bits per heavy atom. The maximum absolute atomic E-state index is 12.2. The summed E-state index contributed by atoms with van der Waals surface area (Å²) in [5.41, 5.74) is -0.416. The number of H-pyrrole nitrogens is 1. The Bertz CT molecular complexity index is 457. The zero-order valence-electron chi connectivity index (χ0n) is 11.6. The lowest BCUT2D eigenvalue weighted by Crippen LogP contribution is -2.43. The summed E-state index contributed by atoms with van der Waals surface area (Å²) in [7, 11) is 0. The van der Waals surface area contributed by atoms with E-state index in [1.54, 1.807) is 6.20 Å². The van der Waals surface area contributed by atoms with Gasteiger partial charge in [0, 0.05) is 26.2 Å². The van der Waals surface area contributed by atoms with E-state index in [4.69, 9.17) is 0 Å². The highest BCUT2D eigenvalue weighted by Crippen LogP contribution is 2.29. The fourth-order valence-corrected chi connectivity index (χ4v) is 3.08. The molecule has 7 nitrogen and oxygen atoms in total. The zero-order chi connectivity index (χ0) is 14.0. The number of hydrogen-bond acceptors (Lipinski definition) is 5. The van der Waals surface area contributed by atoms with Gasteiger partial charge in [0.2, 0.25) is 5.91 Å². The van der Waals surface area contributed by atoms with Crippen LogP contribution in [-0.4, -0.2) is 68.9 Å². The van der Waals surface area contributed by atoms with E-state index in [2.05, 4.69) is 15.4 Å². The lowest BCUT2D eigenvalue weighted by molar-refractivity contribution is -0.133. The number of hydrogen-bond donors (Lipinski definition) is 2. The molecule has 0 bridgehead atoms. The molecule has 0 aliphatic carbocycles. The van der Waals surface area contributed by atoms with Gasteiger partial charge in [0.05, 0.1) is 12.7 Å². The van der Waals surface area contributed by atoms with E-state index in [1.165, 1.54) is 6.42 Å². The minimum Gasteiger partial charge on any atom is -0.382 e. The van der Waals surface area contributed by atoms with E-state index in [-0.39, 0.29) is 5.91 Å². The molecule has 0 aromatic carbocycles. The molecule has 0 unspecified atom stereocenters. The lowest BCUT2D eigenvalue weighted by atomic mass is 10.0. The number of rotatable bonds is 3. The Morgan fingerprint density at radius 3 is 2.85 bits per heavy atom. The first kappa shape index (κ1) is 13.5. The van der Waals surface area contributed by atoms with Crippen molar-refractivity contribution in [1.82, 2.24) is 25.2 Å². The van der Waals surface area contributed by atoms with Crippen molar-refractivity contribution in [2.24, 2.45) is 0 Å². The minimum atomic E-state index is -0.977. The molecule has 0 spiro atoms. The first-order valence-corrected chi connectivity index (χ1v) is 7.26. The van der Waals surface area contributed by atoms with Crippen LogP contribution >= 0.6 is 0 Å². The molecule has 2 saturated heterocycles. The van der Waals surface area contributed by atoms with E-state index >= 15 is 0 Å². The first-order chi connectivity index (χ1) is 9.67. The van der Waals surface area contributed by atoms with Gasteiger partial charge in [-0.1, -0.05) is 0 Å². The molecular weight excluding hydrogens is 258 g/mol. The Kier molecular flexibility index (Phi) is 3.71. The standard InChI is InChI=1S/C13H21N5O2/c19-12(18-5-2-1-3-6-18)9-17-7-4-13(20,10-17)11-8-14-16-15-11/h8,20H,1-7,9-10H2,(H,14,15,16)/t13-/m1/s1. The number of nitrogens with one attached hydrogen (secondary N) is 1. The van der Waals surface area contributed by atoms with Gasteiger partial charge in [0.25, 0.3) is 0 Å². The van der Waals surface area contributed by atoms with Crippen molar-refractivity contribution in [2.75, 3.05) is 32.7 Å².